The first kappa shape index (κ1) is 70.5. The van der Waals surface area contributed by atoms with Gasteiger partial charge in [-0.3, -0.25) is 0 Å². The van der Waals surface area contributed by atoms with E-state index in [1.807, 2.05) is 170 Å². The van der Waals surface area contributed by atoms with Gasteiger partial charge >= 0.3 is 24.4 Å². The zero-order valence-corrected chi connectivity index (χ0v) is 51.3. The van der Waals surface area contributed by atoms with Crippen LogP contribution in [0.5, 0.6) is 0 Å². The van der Waals surface area contributed by atoms with Crippen LogP contribution in [0.3, 0.4) is 0 Å². The number of carbonyl (C=O) groups is 4. The Morgan fingerprint density at radius 1 is 0.410 bits per heavy atom. The SMILES string of the molecule is C.C.C=C=C=C=C=C=C=C=C=C=C.CC(C)(C)OC(=O)n1cnc2cc(CBr)ccc21.CC(C)(C)OC(=O)n1cnc2ccc(CBr)cc21.Cc1ccc2c(c1)ncn2C(=O)OC(C)(C)C.Cc1ccc2ncn(C(=O)OC(C)(C)C)c2c1. The fourth-order valence-electron chi connectivity index (χ4n) is 6.59. The first-order chi connectivity index (χ1) is 38.0. The second-order valence-corrected chi connectivity index (χ2v) is 22.6. The van der Waals surface area contributed by atoms with E-state index in [1.54, 1.807) is 0 Å². The van der Waals surface area contributed by atoms with Crippen molar-refractivity contribution in [3.63, 3.8) is 0 Å². The van der Waals surface area contributed by atoms with Crippen LogP contribution in [-0.2, 0) is 29.6 Å². The lowest BCUT2D eigenvalue weighted by Crippen LogP contribution is -2.26. The quantitative estimate of drug-likeness (QED) is 0.0911. The monoisotopic (exact) mass is 1250 g/mol. The van der Waals surface area contributed by atoms with Crippen LogP contribution in [-0.4, -0.2) is 85.0 Å². The average Bonchev–Trinajstić information content (AvgIpc) is 4.43. The van der Waals surface area contributed by atoms with Crippen LogP contribution in [0.15, 0.2) is 163 Å². The zero-order valence-electron chi connectivity index (χ0n) is 48.2. The standard InChI is InChI=1S/2C13H15BrN2O2.2C13H16N2O2.C11H4.2CH4/c1-13(2,3)18-12(17)16-8-15-10-6-9(7-14)4-5-11(10)16;1-13(2,3)18-12(17)16-8-15-10-5-4-9(7-14)6-11(10)16;1-9-5-6-11-10(7-9)14-8-15(11)12(16)17-13(2,3)4;1-9-5-6-10-11(7-9)15(8-14-10)12(16)17-13(2,3)4;1-3-5-7-9-11-10-8-6-4-2;;/h2*4-6,8H,7H2,1-3H3;2*5-8H,1-4H3;1-2H2;2*1H4. The van der Waals surface area contributed by atoms with Crippen LogP contribution in [0.25, 0.3) is 44.1 Å². The van der Waals surface area contributed by atoms with Gasteiger partial charge in [0.1, 0.15) is 47.7 Å². The highest BCUT2D eigenvalue weighted by Crippen LogP contribution is 2.22. The van der Waals surface area contributed by atoms with Gasteiger partial charge in [0.05, 0.1) is 44.1 Å². The molecule has 0 N–H and O–H groups in total. The van der Waals surface area contributed by atoms with E-state index in [9.17, 15) is 19.2 Å². The predicted molar refractivity (Wildman–Crippen MR) is 337 cm³/mol. The first-order valence-electron chi connectivity index (χ1n) is 25.1. The molecule has 0 fully saturated rings. The Bertz CT molecular complexity index is 3890. The average molecular weight is 1260 g/mol. The third-order valence-electron chi connectivity index (χ3n) is 9.85. The van der Waals surface area contributed by atoms with Crippen molar-refractivity contribution in [3.8, 4) is 0 Å². The number of fused-ring (bicyclic) bond motifs is 4. The molecule has 18 heteroatoms. The first-order valence-corrected chi connectivity index (χ1v) is 27.3. The minimum Gasteiger partial charge on any atom is -0.443 e. The summed E-state index contributed by atoms with van der Waals surface area (Å²) < 4.78 is 27.0. The van der Waals surface area contributed by atoms with Gasteiger partial charge in [0.2, 0.25) is 0 Å². The van der Waals surface area contributed by atoms with Gasteiger partial charge in [-0.05, 0) is 221 Å². The lowest BCUT2D eigenvalue weighted by atomic mass is 10.2. The molecule has 0 bridgehead atoms. The fraction of sp³-hybridized carbons (Fsp3) is 0.338. The van der Waals surface area contributed by atoms with Gasteiger partial charge < -0.3 is 18.9 Å². The molecule has 0 atom stereocenters. The zero-order chi connectivity index (χ0) is 60.3. The van der Waals surface area contributed by atoms with E-state index in [0.29, 0.717) is 0 Å². The number of ether oxygens (including phenoxy) is 4. The van der Waals surface area contributed by atoms with Crippen LogP contribution >= 0.6 is 31.9 Å². The molecule has 0 aliphatic carbocycles. The van der Waals surface area contributed by atoms with Crippen LogP contribution in [0.1, 0.15) is 120 Å². The highest BCUT2D eigenvalue weighted by Gasteiger charge is 2.23. The Labute approximate surface area is 503 Å². The molecule has 0 unspecified atom stereocenters. The Hall–Kier alpha value is -8.64. The van der Waals surface area contributed by atoms with Crippen molar-refractivity contribution >= 4 is 100 Å². The van der Waals surface area contributed by atoms with Gasteiger partial charge in [-0.15, -0.1) is 0 Å². The van der Waals surface area contributed by atoms with E-state index in [0.717, 1.165) is 77.0 Å². The van der Waals surface area contributed by atoms with Crippen molar-refractivity contribution in [3.05, 3.63) is 185 Å². The van der Waals surface area contributed by atoms with E-state index in [2.05, 4.69) is 117 Å². The summed E-state index contributed by atoms with van der Waals surface area (Å²) in [6, 6.07) is 23.1. The lowest BCUT2D eigenvalue weighted by Gasteiger charge is -2.19. The van der Waals surface area contributed by atoms with Crippen molar-refractivity contribution < 1.29 is 38.1 Å². The Morgan fingerprint density at radius 3 is 1.08 bits per heavy atom. The summed E-state index contributed by atoms with van der Waals surface area (Å²) >= 11 is 6.79. The number of rotatable bonds is 2. The summed E-state index contributed by atoms with van der Waals surface area (Å²) in [4.78, 5) is 64.7. The van der Waals surface area contributed by atoms with E-state index in [4.69, 9.17) is 18.9 Å². The highest BCUT2D eigenvalue weighted by molar-refractivity contribution is 9.08. The van der Waals surface area contributed by atoms with Gasteiger partial charge in [0.25, 0.3) is 0 Å². The van der Waals surface area contributed by atoms with Crippen molar-refractivity contribution in [1.82, 2.24) is 38.2 Å². The Kier molecular flexibility index (Phi) is 26.8. The Morgan fingerprint density at radius 2 is 0.699 bits per heavy atom. The highest BCUT2D eigenvalue weighted by atomic mass is 79.9. The van der Waals surface area contributed by atoms with Crippen LogP contribution in [0.2, 0.25) is 0 Å². The topological polar surface area (TPSA) is 176 Å². The number of imidazole rings is 4. The molecular formula is C65H74Br2N8O8. The molecule has 0 aliphatic heterocycles. The minimum atomic E-state index is -0.513. The second kappa shape index (κ2) is 31.5. The molecule has 4 aromatic heterocycles. The molecule has 8 aromatic rings. The summed E-state index contributed by atoms with van der Waals surface area (Å²) in [7, 11) is 0. The number of nitrogens with zero attached hydrogens (tertiary/aromatic N) is 8. The maximum Gasteiger partial charge on any atom is 0.420 e. The van der Waals surface area contributed by atoms with Gasteiger partial charge in [-0.1, -0.05) is 82.4 Å². The van der Waals surface area contributed by atoms with Crippen LogP contribution in [0, 0.1) is 13.8 Å². The molecule has 8 rings (SSSR count). The molecule has 83 heavy (non-hydrogen) atoms. The molecule has 0 spiro atoms. The maximum absolute atomic E-state index is 12.0. The number of aryl methyl sites for hydroxylation is 2. The largest absolute Gasteiger partial charge is 0.443 e. The number of aromatic nitrogens is 8. The van der Waals surface area contributed by atoms with Crippen molar-refractivity contribution in [2.75, 3.05) is 0 Å². The number of hydrogen-bond donors (Lipinski definition) is 0. The smallest absolute Gasteiger partial charge is 0.420 e. The number of halogens is 2. The number of carbonyl (C=O) groups excluding carboxylic acids is 4. The normalized spacial score (nSPS) is 10.4. The van der Waals surface area contributed by atoms with E-state index >= 15 is 0 Å². The summed E-state index contributed by atoms with van der Waals surface area (Å²) in [5.41, 5.74) is 30.6. The van der Waals surface area contributed by atoms with E-state index in [1.165, 1.54) is 43.6 Å². The van der Waals surface area contributed by atoms with Crippen LogP contribution in [0.4, 0.5) is 19.2 Å². The number of benzene rings is 4. The maximum atomic E-state index is 12.0. The van der Waals surface area contributed by atoms with Gasteiger partial charge in [0, 0.05) is 10.7 Å². The van der Waals surface area contributed by atoms with Crippen molar-refractivity contribution in [2.24, 2.45) is 0 Å². The molecule has 0 radical (unpaired) electrons. The minimum absolute atomic E-state index is 0. The van der Waals surface area contributed by atoms with Gasteiger partial charge in [0.15, 0.2) is 0 Å². The van der Waals surface area contributed by atoms with E-state index < -0.39 is 46.8 Å². The molecule has 4 aromatic carbocycles. The molecule has 0 saturated carbocycles. The third kappa shape index (κ3) is 23.0. The summed E-state index contributed by atoms with van der Waals surface area (Å²) in [5, 5.41) is 1.50. The van der Waals surface area contributed by atoms with Crippen molar-refractivity contribution in [1.29, 1.82) is 0 Å². The summed E-state index contributed by atoms with van der Waals surface area (Å²) in [6.07, 6.45) is 4.38. The molecule has 16 nitrogen and oxygen atoms in total. The number of alkyl halides is 2. The molecule has 0 aliphatic rings. The number of hydrogen-bond acceptors (Lipinski definition) is 12. The fourth-order valence-corrected chi connectivity index (χ4v) is 7.29. The molecule has 436 valence electrons. The lowest BCUT2D eigenvalue weighted by molar-refractivity contribution is 0.0532. The van der Waals surface area contributed by atoms with Crippen molar-refractivity contribution in [2.45, 2.75) is 145 Å². The molecular weight excluding hydrogens is 1180 g/mol. The summed E-state index contributed by atoms with van der Waals surface area (Å²) in [6.45, 7) is 32.6. The third-order valence-corrected chi connectivity index (χ3v) is 11.1. The van der Waals surface area contributed by atoms with Crippen LogP contribution < -0.4 is 0 Å². The Balaban J connectivity index is 0.000000355. The predicted octanol–water partition coefficient (Wildman–Crippen LogP) is 17.2. The molecule has 4 heterocycles. The molecule has 0 saturated heterocycles. The molecule has 0 amide bonds. The van der Waals surface area contributed by atoms with E-state index in [-0.39, 0.29) is 14.9 Å². The second-order valence-electron chi connectivity index (χ2n) is 21.5. The van der Waals surface area contributed by atoms with Gasteiger partial charge in [-0.2, -0.15) is 0 Å². The summed E-state index contributed by atoms with van der Waals surface area (Å²) in [5.74, 6) is 0. The van der Waals surface area contributed by atoms with Gasteiger partial charge in [-0.25, -0.2) is 57.4 Å².